The lowest BCUT2D eigenvalue weighted by Crippen LogP contribution is -2.10. The van der Waals surface area contributed by atoms with Crippen LogP contribution < -0.4 is 5.56 Å². The Hall–Kier alpha value is -2.25. The number of H-pyrrole nitrogens is 1. The molecule has 0 aliphatic rings. The van der Waals surface area contributed by atoms with Crippen molar-refractivity contribution in [3.05, 3.63) is 55.7 Å². The second kappa shape index (κ2) is 6.10. The van der Waals surface area contributed by atoms with Crippen molar-refractivity contribution in [2.24, 2.45) is 0 Å². The van der Waals surface area contributed by atoms with E-state index >= 15 is 0 Å². The molecular formula is C15H12ClN3O3S. The van der Waals surface area contributed by atoms with E-state index in [-0.39, 0.29) is 12.2 Å². The molecular weight excluding hydrogens is 338 g/mol. The lowest BCUT2D eigenvalue weighted by atomic mass is 10.2. The number of nitrogens with one attached hydrogen (secondary N) is 1. The predicted octanol–water partition coefficient (Wildman–Crippen LogP) is 3.01. The van der Waals surface area contributed by atoms with Crippen molar-refractivity contribution in [3.8, 4) is 0 Å². The van der Waals surface area contributed by atoms with Gasteiger partial charge in [-0.15, -0.1) is 11.3 Å². The van der Waals surface area contributed by atoms with Crippen LogP contribution in [0.5, 0.6) is 0 Å². The van der Waals surface area contributed by atoms with Gasteiger partial charge >= 0.3 is 5.97 Å². The van der Waals surface area contributed by atoms with Crippen molar-refractivity contribution >= 4 is 39.1 Å². The molecule has 0 amide bonds. The number of thiophene rings is 1. The van der Waals surface area contributed by atoms with Crippen molar-refractivity contribution in [2.45, 2.75) is 20.5 Å². The molecule has 8 heteroatoms. The number of carbonyl (C=O) groups excluding carboxylic acids is 1. The Morgan fingerprint density at radius 2 is 2.17 bits per heavy atom. The molecule has 0 radical (unpaired) electrons. The number of carbonyl (C=O) groups is 1. The van der Waals surface area contributed by atoms with Gasteiger partial charge in [0.25, 0.3) is 5.56 Å². The smallest absolute Gasteiger partial charge is 0.349 e. The molecule has 23 heavy (non-hydrogen) atoms. The first kappa shape index (κ1) is 15.6. The zero-order valence-electron chi connectivity index (χ0n) is 12.3. The molecule has 0 spiro atoms. The average molecular weight is 350 g/mol. The van der Waals surface area contributed by atoms with Gasteiger partial charge in [0.1, 0.15) is 27.3 Å². The summed E-state index contributed by atoms with van der Waals surface area (Å²) >= 11 is 6.86. The number of pyridine rings is 1. The van der Waals surface area contributed by atoms with Crippen molar-refractivity contribution in [2.75, 3.05) is 0 Å². The van der Waals surface area contributed by atoms with Crippen LogP contribution in [0.3, 0.4) is 0 Å². The van der Waals surface area contributed by atoms with Crippen molar-refractivity contribution in [1.82, 2.24) is 15.0 Å². The molecule has 3 rings (SSSR count). The highest BCUT2D eigenvalue weighted by Crippen LogP contribution is 2.27. The van der Waals surface area contributed by atoms with Crippen molar-refractivity contribution in [3.63, 3.8) is 0 Å². The molecule has 0 aliphatic heterocycles. The summed E-state index contributed by atoms with van der Waals surface area (Å²) < 4.78 is 5.28. The first-order chi connectivity index (χ1) is 11.0. The van der Waals surface area contributed by atoms with Crippen LogP contribution in [0.2, 0.25) is 5.15 Å². The SMILES string of the molecule is Cc1nc2sc(C(=O)OCc3ccc(Cl)nc3)c(C)c2c(=O)[nH]1. The van der Waals surface area contributed by atoms with Crippen LogP contribution in [0, 0.1) is 13.8 Å². The maximum atomic E-state index is 12.3. The van der Waals surface area contributed by atoms with Crippen molar-refractivity contribution in [1.29, 1.82) is 0 Å². The van der Waals surface area contributed by atoms with Crippen LogP contribution in [-0.2, 0) is 11.3 Å². The molecule has 0 saturated heterocycles. The summed E-state index contributed by atoms with van der Waals surface area (Å²) in [5.74, 6) is 0.0217. The summed E-state index contributed by atoms with van der Waals surface area (Å²) in [6.07, 6.45) is 1.54. The number of aromatic nitrogens is 3. The second-order valence-corrected chi connectivity index (χ2v) is 6.34. The highest BCUT2D eigenvalue weighted by atomic mass is 35.5. The zero-order valence-corrected chi connectivity index (χ0v) is 13.9. The molecule has 3 aromatic heterocycles. The molecule has 0 unspecified atom stereocenters. The fourth-order valence-electron chi connectivity index (χ4n) is 2.15. The van der Waals surface area contributed by atoms with Gasteiger partial charge < -0.3 is 9.72 Å². The highest BCUT2D eigenvalue weighted by molar-refractivity contribution is 7.20. The standard InChI is InChI=1S/C15H12ClN3O3S/c1-7-11-13(20)18-8(2)19-14(11)23-12(7)15(21)22-6-9-3-4-10(16)17-5-9/h3-5H,6H2,1-2H3,(H,18,19,20). The molecule has 0 aromatic carbocycles. The van der Waals surface area contributed by atoms with E-state index in [0.717, 1.165) is 16.9 Å². The number of aryl methyl sites for hydroxylation is 2. The molecule has 0 aliphatic carbocycles. The lowest BCUT2D eigenvalue weighted by molar-refractivity contribution is 0.0477. The monoisotopic (exact) mass is 349 g/mol. The number of nitrogens with zero attached hydrogens (tertiary/aromatic N) is 2. The maximum Gasteiger partial charge on any atom is 0.349 e. The topological polar surface area (TPSA) is 84.9 Å². The Bertz CT molecular complexity index is 947. The van der Waals surface area contributed by atoms with Crippen LogP contribution in [0.15, 0.2) is 23.1 Å². The minimum atomic E-state index is -0.488. The van der Waals surface area contributed by atoms with E-state index in [9.17, 15) is 9.59 Å². The fourth-order valence-corrected chi connectivity index (χ4v) is 3.39. The Labute approximate surface area is 140 Å². The summed E-state index contributed by atoms with van der Waals surface area (Å²) in [5.41, 5.74) is 1.06. The van der Waals surface area contributed by atoms with E-state index in [2.05, 4.69) is 15.0 Å². The number of hydrogen-bond acceptors (Lipinski definition) is 6. The molecule has 3 heterocycles. The zero-order chi connectivity index (χ0) is 16.6. The van der Waals surface area contributed by atoms with Gasteiger partial charge in [0, 0.05) is 11.8 Å². The third-order valence-corrected chi connectivity index (χ3v) is 4.65. The van der Waals surface area contributed by atoms with Crippen LogP contribution >= 0.6 is 22.9 Å². The van der Waals surface area contributed by atoms with E-state index in [1.54, 1.807) is 32.2 Å². The van der Waals surface area contributed by atoms with E-state index in [1.807, 2.05) is 0 Å². The number of rotatable bonds is 3. The quantitative estimate of drug-likeness (QED) is 0.580. The summed E-state index contributed by atoms with van der Waals surface area (Å²) in [7, 11) is 0. The number of esters is 1. The lowest BCUT2D eigenvalue weighted by Gasteiger charge is -2.04. The van der Waals surface area contributed by atoms with E-state index < -0.39 is 5.97 Å². The minimum absolute atomic E-state index is 0.0828. The Kier molecular flexibility index (Phi) is 4.14. The average Bonchev–Trinajstić information content (AvgIpc) is 2.83. The van der Waals surface area contributed by atoms with Gasteiger partial charge in [-0.2, -0.15) is 0 Å². The summed E-state index contributed by atoms with van der Waals surface area (Å²) in [5, 5.41) is 0.807. The van der Waals surface area contributed by atoms with E-state index in [1.165, 1.54) is 0 Å². The highest BCUT2D eigenvalue weighted by Gasteiger charge is 2.20. The van der Waals surface area contributed by atoms with Gasteiger partial charge in [-0.3, -0.25) is 4.79 Å². The van der Waals surface area contributed by atoms with E-state index in [4.69, 9.17) is 16.3 Å². The number of fused-ring (bicyclic) bond motifs is 1. The van der Waals surface area contributed by atoms with Gasteiger partial charge in [0.15, 0.2) is 0 Å². The maximum absolute atomic E-state index is 12.3. The van der Waals surface area contributed by atoms with E-state index in [0.29, 0.717) is 31.6 Å². The third kappa shape index (κ3) is 3.11. The number of aromatic amines is 1. The Morgan fingerprint density at radius 3 is 2.87 bits per heavy atom. The minimum Gasteiger partial charge on any atom is -0.457 e. The molecule has 0 fully saturated rings. The van der Waals surface area contributed by atoms with Gasteiger partial charge in [-0.25, -0.2) is 14.8 Å². The molecule has 6 nitrogen and oxygen atoms in total. The van der Waals surface area contributed by atoms with Crippen LogP contribution in [0.25, 0.3) is 10.2 Å². The Morgan fingerprint density at radius 1 is 1.39 bits per heavy atom. The molecule has 1 N–H and O–H groups in total. The Balaban J connectivity index is 1.86. The summed E-state index contributed by atoms with van der Waals surface area (Å²) in [6.45, 7) is 3.49. The molecule has 3 aromatic rings. The molecule has 0 atom stereocenters. The largest absolute Gasteiger partial charge is 0.457 e. The first-order valence-corrected chi connectivity index (χ1v) is 7.92. The van der Waals surface area contributed by atoms with Crippen LogP contribution in [-0.4, -0.2) is 20.9 Å². The normalized spacial score (nSPS) is 10.9. The molecule has 118 valence electrons. The first-order valence-electron chi connectivity index (χ1n) is 6.73. The second-order valence-electron chi connectivity index (χ2n) is 4.95. The van der Waals surface area contributed by atoms with Crippen LogP contribution in [0.1, 0.15) is 26.6 Å². The van der Waals surface area contributed by atoms with Gasteiger partial charge in [-0.1, -0.05) is 17.7 Å². The van der Waals surface area contributed by atoms with Gasteiger partial charge in [0.05, 0.1) is 5.39 Å². The number of hydrogen-bond donors (Lipinski definition) is 1. The van der Waals surface area contributed by atoms with Crippen LogP contribution in [0.4, 0.5) is 0 Å². The predicted molar refractivity (Wildman–Crippen MR) is 88.1 cm³/mol. The number of halogens is 1. The molecule has 0 saturated carbocycles. The third-order valence-electron chi connectivity index (χ3n) is 3.26. The van der Waals surface area contributed by atoms with Gasteiger partial charge in [0.2, 0.25) is 0 Å². The summed E-state index contributed by atoms with van der Waals surface area (Å²) in [6, 6.07) is 3.36. The fraction of sp³-hybridized carbons (Fsp3) is 0.200. The number of ether oxygens (including phenoxy) is 1. The van der Waals surface area contributed by atoms with Crippen molar-refractivity contribution < 1.29 is 9.53 Å². The van der Waals surface area contributed by atoms with Gasteiger partial charge in [-0.05, 0) is 25.5 Å². The molecule has 0 bridgehead atoms. The summed E-state index contributed by atoms with van der Waals surface area (Å²) in [4.78, 5) is 36.0.